The Hall–Kier alpha value is -2.23. The number of aromatic nitrogens is 3. The first kappa shape index (κ1) is 9.96. The number of H-pyrrole nitrogens is 1. The predicted molar refractivity (Wildman–Crippen MR) is 69.7 cm³/mol. The van der Waals surface area contributed by atoms with Crippen LogP contribution in [0.4, 0.5) is 5.69 Å². The van der Waals surface area contributed by atoms with Gasteiger partial charge < -0.3 is 10.7 Å². The van der Waals surface area contributed by atoms with Gasteiger partial charge in [0.2, 0.25) is 0 Å². The van der Waals surface area contributed by atoms with Crippen molar-refractivity contribution >= 4 is 16.6 Å². The molecule has 3 N–H and O–H groups in total. The fraction of sp³-hybridized carbons (Fsp3) is 0.154. The van der Waals surface area contributed by atoms with Crippen molar-refractivity contribution in [1.82, 2.24) is 14.8 Å². The van der Waals surface area contributed by atoms with Crippen molar-refractivity contribution in [2.75, 3.05) is 5.73 Å². The third-order valence-corrected chi connectivity index (χ3v) is 3.14. The SMILES string of the molecule is Cc1cccc2[nH]cc(-c3c(N)cnn3C)c12. The van der Waals surface area contributed by atoms with Gasteiger partial charge in [-0.1, -0.05) is 12.1 Å². The van der Waals surface area contributed by atoms with Crippen LogP contribution in [0.15, 0.2) is 30.6 Å². The summed E-state index contributed by atoms with van der Waals surface area (Å²) in [5.41, 5.74) is 11.1. The molecule has 3 rings (SSSR count). The molecule has 17 heavy (non-hydrogen) atoms. The number of aromatic amines is 1. The number of nitrogens with one attached hydrogen (secondary N) is 1. The molecule has 0 amide bonds. The van der Waals surface area contributed by atoms with E-state index in [2.05, 4.69) is 29.1 Å². The third-order valence-electron chi connectivity index (χ3n) is 3.14. The summed E-state index contributed by atoms with van der Waals surface area (Å²) in [4.78, 5) is 3.28. The van der Waals surface area contributed by atoms with E-state index in [0.29, 0.717) is 5.69 Å². The van der Waals surface area contributed by atoms with Gasteiger partial charge in [-0.2, -0.15) is 5.10 Å². The number of nitrogens with two attached hydrogens (primary N) is 1. The number of aryl methyl sites for hydroxylation is 2. The lowest BCUT2D eigenvalue weighted by molar-refractivity contribution is 0.776. The fourth-order valence-corrected chi connectivity index (χ4v) is 2.34. The summed E-state index contributed by atoms with van der Waals surface area (Å²) in [7, 11) is 1.91. The molecule has 3 aromatic rings. The van der Waals surface area contributed by atoms with E-state index in [9.17, 15) is 0 Å². The highest BCUT2D eigenvalue weighted by molar-refractivity contribution is 5.99. The molecule has 0 spiro atoms. The second-order valence-electron chi connectivity index (χ2n) is 4.27. The van der Waals surface area contributed by atoms with Gasteiger partial charge in [0.15, 0.2) is 0 Å². The highest BCUT2D eigenvalue weighted by Crippen LogP contribution is 2.33. The summed E-state index contributed by atoms with van der Waals surface area (Å²) >= 11 is 0. The van der Waals surface area contributed by atoms with Gasteiger partial charge in [-0.05, 0) is 18.6 Å². The molecule has 4 heteroatoms. The minimum absolute atomic E-state index is 0.705. The summed E-state index contributed by atoms with van der Waals surface area (Å²) < 4.78 is 1.81. The minimum Gasteiger partial charge on any atom is -0.396 e. The van der Waals surface area contributed by atoms with Crippen molar-refractivity contribution in [2.24, 2.45) is 7.05 Å². The van der Waals surface area contributed by atoms with Crippen LogP contribution in [0.3, 0.4) is 0 Å². The van der Waals surface area contributed by atoms with Gasteiger partial charge >= 0.3 is 0 Å². The second kappa shape index (κ2) is 3.38. The van der Waals surface area contributed by atoms with Crippen molar-refractivity contribution in [3.63, 3.8) is 0 Å². The summed E-state index contributed by atoms with van der Waals surface area (Å²) in [5.74, 6) is 0. The Morgan fingerprint density at radius 2 is 2.18 bits per heavy atom. The standard InChI is InChI=1S/C13H14N4/c1-8-4-3-5-11-12(8)9(6-15-11)13-10(14)7-16-17(13)2/h3-7,15H,14H2,1-2H3. The average Bonchev–Trinajstić information content (AvgIpc) is 2.84. The molecule has 0 saturated heterocycles. The van der Waals surface area contributed by atoms with E-state index in [-0.39, 0.29) is 0 Å². The van der Waals surface area contributed by atoms with Gasteiger partial charge in [-0.3, -0.25) is 4.68 Å². The molecular weight excluding hydrogens is 212 g/mol. The van der Waals surface area contributed by atoms with Gasteiger partial charge in [0.1, 0.15) is 0 Å². The second-order valence-corrected chi connectivity index (χ2v) is 4.27. The Morgan fingerprint density at radius 3 is 2.88 bits per heavy atom. The largest absolute Gasteiger partial charge is 0.396 e. The van der Waals surface area contributed by atoms with E-state index in [1.54, 1.807) is 6.20 Å². The highest BCUT2D eigenvalue weighted by Gasteiger charge is 2.14. The van der Waals surface area contributed by atoms with Gasteiger partial charge in [-0.25, -0.2) is 0 Å². The molecule has 4 nitrogen and oxygen atoms in total. The summed E-state index contributed by atoms with van der Waals surface area (Å²) in [5, 5.41) is 5.40. The molecule has 0 unspecified atom stereocenters. The summed E-state index contributed by atoms with van der Waals surface area (Å²) in [6, 6.07) is 6.22. The lowest BCUT2D eigenvalue weighted by Gasteiger charge is -2.04. The quantitative estimate of drug-likeness (QED) is 0.669. The van der Waals surface area contributed by atoms with E-state index >= 15 is 0 Å². The highest BCUT2D eigenvalue weighted by atomic mass is 15.3. The number of hydrogen-bond donors (Lipinski definition) is 2. The number of benzene rings is 1. The van der Waals surface area contributed by atoms with Crippen LogP contribution >= 0.6 is 0 Å². The first-order valence-corrected chi connectivity index (χ1v) is 5.53. The number of fused-ring (bicyclic) bond motifs is 1. The molecule has 0 radical (unpaired) electrons. The van der Waals surface area contributed by atoms with E-state index in [1.165, 1.54) is 10.9 Å². The molecule has 86 valence electrons. The molecule has 2 heterocycles. The van der Waals surface area contributed by atoms with Crippen LogP contribution in [0.5, 0.6) is 0 Å². The molecule has 0 atom stereocenters. The number of rotatable bonds is 1. The average molecular weight is 226 g/mol. The topological polar surface area (TPSA) is 59.6 Å². The maximum Gasteiger partial charge on any atom is 0.0930 e. The van der Waals surface area contributed by atoms with Crippen LogP contribution in [0.2, 0.25) is 0 Å². The van der Waals surface area contributed by atoms with Crippen LogP contribution in [0.25, 0.3) is 22.2 Å². The van der Waals surface area contributed by atoms with Crippen LogP contribution in [-0.4, -0.2) is 14.8 Å². The molecule has 0 aliphatic rings. The zero-order chi connectivity index (χ0) is 12.0. The maximum absolute atomic E-state index is 5.98. The Kier molecular flexibility index (Phi) is 1.98. The molecular formula is C13H14N4. The van der Waals surface area contributed by atoms with Gasteiger partial charge in [0.05, 0.1) is 17.6 Å². The molecule has 0 bridgehead atoms. The van der Waals surface area contributed by atoms with Crippen molar-refractivity contribution in [1.29, 1.82) is 0 Å². The lowest BCUT2D eigenvalue weighted by atomic mass is 10.0. The molecule has 1 aromatic carbocycles. The molecule has 2 aromatic heterocycles. The van der Waals surface area contributed by atoms with Crippen LogP contribution in [0.1, 0.15) is 5.56 Å². The molecule has 0 saturated carbocycles. The van der Waals surface area contributed by atoms with Crippen molar-refractivity contribution in [3.05, 3.63) is 36.2 Å². The van der Waals surface area contributed by atoms with Crippen molar-refractivity contribution in [2.45, 2.75) is 6.92 Å². The number of hydrogen-bond acceptors (Lipinski definition) is 2. The smallest absolute Gasteiger partial charge is 0.0930 e. The summed E-state index contributed by atoms with van der Waals surface area (Å²) in [6.45, 7) is 2.10. The number of nitrogen functional groups attached to an aromatic ring is 1. The number of anilines is 1. The van der Waals surface area contributed by atoms with E-state index < -0.39 is 0 Å². The summed E-state index contributed by atoms with van der Waals surface area (Å²) in [6.07, 6.45) is 3.68. The monoisotopic (exact) mass is 226 g/mol. The Morgan fingerprint density at radius 1 is 1.35 bits per heavy atom. The first-order chi connectivity index (χ1) is 8.18. The molecule has 0 aliphatic heterocycles. The Bertz CT molecular complexity index is 671. The van der Waals surface area contributed by atoms with E-state index in [0.717, 1.165) is 16.8 Å². The fourth-order valence-electron chi connectivity index (χ4n) is 2.34. The van der Waals surface area contributed by atoms with Crippen molar-refractivity contribution in [3.8, 4) is 11.3 Å². The maximum atomic E-state index is 5.98. The Labute approximate surface area is 99.1 Å². The van der Waals surface area contributed by atoms with Gasteiger partial charge in [-0.15, -0.1) is 0 Å². The zero-order valence-electron chi connectivity index (χ0n) is 9.86. The van der Waals surface area contributed by atoms with Gasteiger partial charge in [0.25, 0.3) is 0 Å². The normalized spacial score (nSPS) is 11.2. The molecule has 0 aliphatic carbocycles. The minimum atomic E-state index is 0.705. The van der Waals surface area contributed by atoms with Crippen LogP contribution < -0.4 is 5.73 Å². The first-order valence-electron chi connectivity index (χ1n) is 5.53. The van der Waals surface area contributed by atoms with Gasteiger partial charge in [0, 0.05) is 29.7 Å². The lowest BCUT2D eigenvalue weighted by Crippen LogP contribution is -1.95. The van der Waals surface area contributed by atoms with Crippen molar-refractivity contribution < 1.29 is 0 Å². The van der Waals surface area contributed by atoms with Crippen LogP contribution in [-0.2, 0) is 7.05 Å². The zero-order valence-corrected chi connectivity index (χ0v) is 9.86. The van der Waals surface area contributed by atoms with Crippen LogP contribution in [0, 0.1) is 6.92 Å². The Balaban J connectivity index is 2.39. The third kappa shape index (κ3) is 1.34. The van der Waals surface area contributed by atoms with E-state index in [4.69, 9.17) is 5.73 Å². The predicted octanol–water partition coefficient (Wildman–Crippen LogP) is 2.46. The van der Waals surface area contributed by atoms with E-state index in [1.807, 2.05) is 24.0 Å². The number of nitrogens with zero attached hydrogens (tertiary/aromatic N) is 2. The molecule has 0 fully saturated rings.